The Kier molecular flexibility index (Phi) is 9.31. The minimum atomic E-state index is -0.981. The van der Waals surface area contributed by atoms with E-state index in [0.29, 0.717) is 17.2 Å². The molecule has 0 saturated heterocycles. The molecule has 0 radical (unpaired) electrons. The van der Waals surface area contributed by atoms with E-state index in [1.54, 1.807) is 12.1 Å². The molecule has 0 bridgehead atoms. The van der Waals surface area contributed by atoms with Gasteiger partial charge >= 0.3 is 0 Å². The number of nitrogens with one attached hydrogen (secondary N) is 2. The van der Waals surface area contributed by atoms with Crippen molar-refractivity contribution in [2.24, 2.45) is 11.7 Å². The molecule has 2 atom stereocenters. The first kappa shape index (κ1) is 29.9. The van der Waals surface area contributed by atoms with Crippen LogP contribution in [0.5, 0.6) is 0 Å². The zero-order valence-corrected chi connectivity index (χ0v) is 22.3. The van der Waals surface area contributed by atoms with E-state index in [2.05, 4.69) is 15.6 Å². The van der Waals surface area contributed by atoms with E-state index in [0.717, 1.165) is 24.3 Å². The first-order valence-electron chi connectivity index (χ1n) is 12.9. The quantitative estimate of drug-likeness (QED) is 0.217. The van der Waals surface area contributed by atoms with Crippen molar-refractivity contribution in [3.05, 3.63) is 119 Å². The number of hydrogen-bond donors (Lipinski definition) is 3. The van der Waals surface area contributed by atoms with Crippen LogP contribution in [0.25, 0.3) is 11.1 Å². The summed E-state index contributed by atoms with van der Waals surface area (Å²) in [5.41, 5.74) is 6.42. The number of carbonyl (C=O) groups is 3. The number of nitrogens with two attached hydrogens (primary N) is 1. The molecule has 3 aromatic carbocycles. The lowest BCUT2D eigenvalue weighted by atomic mass is 9.94. The van der Waals surface area contributed by atoms with Gasteiger partial charge in [-0.15, -0.1) is 0 Å². The Hall–Kier alpha value is -5.06. The first-order chi connectivity index (χ1) is 20.0. The van der Waals surface area contributed by atoms with Crippen LogP contribution in [-0.2, 0) is 16.0 Å². The SMILES string of the molecule is C[C@H](CC(=O)N[C@@H](Cc1cc(F)cc(F)c1)c1ncccc1-c1ccc(F)c(C(N)=O)c1)C(=O)Nc1cccc(F)c1. The number of aromatic nitrogens is 1. The summed E-state index contributed by atoms with van der Waals surface area (Å²) in [5.74, 6) is -5.90. The second kappa shape index (κ2) is 13.1. The van der Waals surface area contributed by atoms with E-state index in [4.69, 9.17) is 5.73 Å². The maximum absolute atomic E-state index is 14.2. The monoisotopic (exact) mass is 578 g/mol. The molecular formula is C31H26F4N4O3. The van der Waals surface area contributed by atoms with Crippen LogP contribution in [0.4, 0.5) is 23.2 Å². The van der Waals surface area contributed by atoms with Crippen molar-refractivity contribution in [1.29, 1.82) is 0 Å². The Labute approximate surface area is 238 Å². The fourth-order valence-electron chi connectivity index (χ4n) is 4.46. The normalized spacial score (nSPS) is 12.3. The van der Waals surface area contributed by atoms with Gasteiger partial charge in [-0.1, -0.05) is 25.1 Å². The lowest BCUT2D eigenvalue weighted by Crippen LogP contribution is -2.34. The Morgan fingerprint density at radius 1 is 0.881 bits per heavy atom. The Bertz CT molecular complexity index is 1630. The Morgan fingerprint density at radius 2 is 1.62 bits per heavy atom. The molecular weight excluding hydrogens is 552 g/mol. The summed E-state index contributed by atoms with van der Waals surface area (Å²) in [6.45, 7) is 1.52. The molecule has 0 aliphatic carbocycles. The van der Waals surface area contributed by atoms with Crippen molar-refractivity contribution in [3.8, 4) is 11.1 Å². The standard InChI is InChI=1S/C31H26F4N4O3/c1-17(31(42)38-23-5-2-4-20(32)16-23)10-28(40)39-27(13-18-11-21(33)15-22(34)12-18)29-24(6-3-9-37-29)19-7-8-26(35)25(14-19)30(36)41/h2-9,11-12,14-17,27H,10,13H2,1H3,(H2,36,41)(H,38,42)(H,39,40)/t17-,27+/m1/s1. The number of hydrogen-bond acceptors (Lipinski definition) is 4. The van der Waals surface area contributed by atoms with Crippen LogP contribution < -0.4 is 16.4 Å². The highest BCUT2D eigenvalue weighted by molar-refractivity contribution is 5.95. The van der Waals surface area contributed by atoms with Crippen molar-refractivity contribution in [1.82, 2.24) is 10.3 Å². The molecule has 0 aliphatic rings. The fraction of sp³-hybridized carbons (Fsp3) is 0.161. The third-order valence-corrected chi connectivity index (χ3v) is 6.44. The molecule has 0 aliphatic heterocycles. The minimum Gasteiger partial charge on any atom is -0.366 e. The van der Waals surface area contributed by atoms with E-state index in [9.17, 15) is 31.9 Å². The molecule has 3 amide bonds. The number of primary amides is 1. The van der Waals surface area contributed by atoms with Gasteiger partial charge in [0.2, 0.25) is 11.8 Å². The molecule has 0 saturated carbocycles. The van der Waals surface area contributed by atoms with Crippen LogP contribution in [0.15, 0.2) is 79.0 Å². The van der Waals surface area contributed by atoms with E-state index in [1.807, 2.05) is 0 Å². The van der Waals surface area contributed by atoms with Gasteiger partial charge in [-0.2, -0.15) is 0 Å². The van der Waals surface area contributed by atoms with Gasteiger partial charge < -0.3 is 16.4 Å². The maximum Gasteiger partial charge on any atom is 0.251 e. The molecule has 0 spiro atoms. The molecule has 0 fully saturated rings. The average molecular weight is 579 g/mol. The van der Waals surface area contributed by atoms with E-state index >= 15 is 0 Å². The van der Waals surface area contributed by atoms with Crippen LogP contribution in [0.1, 0.15) is 41.0 Å². The average Bonchev–Trinajstić information content (AvgIpc) is 2.92. The van der Waals surface area contributed by atoms with Crippen molar-refractivity contribution < 1.29 is 31.9 Å². The van der Waals surface area contributed by atoms with Crippen LogP contribution in [0, 0.1) is 29.2 Å². The summed E-state index contributed by atoms with van der Waals surface area (Å²) in [6.07, 6.45) is 1.07. The van der Waals surface area contributed by atoms with Gasteiger partial charge in [-0.3, -0.25) is 19.4 Å². The van der Waals surface area contributed by atoms with E-state index in [1.165, 1.54) is 43.5 Å². The van der Waals surface area contributed by atoms with Crippen LogP contribution >= 0.6 is 0 Å². The largest absolute Gasteiger partial charge is 0.366 e. The molecule has 4 aromatic rings. The number of carbonyl (C=O) groups excluding carboxylic acids is 3. The summed E-state index contributed by atoms with van der Waals surface area (Å²) in [4.78, 5) is 42.0. The fourth-order valence-corrected chi connectivity index (χ4v) is 4.46. The predicted octanol–water partition coefficient (Wildman–Crippen LogP) is 5.47. The van der Waals surface area contributed by atoms with Gasteiger partial charge in [0.1, 0.15) is 23.3 Å². The van der Waals surface area contributed by atoms with E-state index in [-0.39, 0.29) is 35.3 Å². The summed E-state index contributed by atoms with van der Waals surface area (Å²) < 4.78 is 55.7. The van der Waals surface area contributed by atoms with Gasteiger partial charge in [0, 0.05) is 35.9 Å². The molecule has 4 rings (SSSR count). The van der Waals surface area contributed by atoms with Crippen LogP contribution in [0.2, 0.25) is 0 Å². The lowest BCUT2D eigenvalue weighted by Gasteiger charge is -2.22. The highest BCUT2D eigenvalue weighted by atomic mass is 19.1. The molecule has 4 N–H and O–H groups in total. The zero-order valence-electron chi connectivity index (χ0n) is 22.3. The van der Waals surface area contributed by atoms with Crippen LogP contribution in [0.3, 0.4) is 0 Å². The number of pyridine rings is 1. The molecule has 216 valence electrons. The van der Waals surface area contributed by atoms with Crippen molar-refractivity contribution in [2.45, 2.75) is 25.8 Å². The Morgan fingerprint density at radius 3 is 2.31 bits per heavy atom. The number of rotatable bonds is 10. The zero-order chi connectivity index (χ0) is 30.4. The van der Waals surface area contributed by atoms with Crippen molar-refractivity contribution in [3.63, 3.8) is 0 Å². The van der Waals surface area contributed by atoms with E-state index < -0.39 is 53.0 Å². The summed E-state index contributed by atoms with van der Waals surface area (Å²) in [5, 5.41) is 5.34. The van der Waals surface area contributed by atoms with Gasteiger partial charge in [0.15, 0.2) is 0 Å². The van der Waals surface area contributed by atoms with Crippen LogP contribution in [-0.4, -0.2) is 22.7 Å². The second-order valence-corrected chi connectivity index (χ2v) is 9.70. The smallest absolute Gasteiger partial charge is 0.251 e. The van der Waals surface area contributed by atoms with Crippen molar-refractivity contribution in [2.75, 3.05) is 5.32 Å². The second-order valence-electron chi connectivity index (χ2n) is 9.70. The third kappa shape index (κ3) is 7.57. The highest BCUT2D eigenvalue weighted by Crippen LogP contribution is 2.30. The molecule has 7 nitrogen and oxygen atoms in total. The topological polar surface area (TPSA) is 114 Å². The van der Waals surface area contributed by atoms with Gasteiger partial charge in [0.05, 0.1) is 17.3 Å². The number of halogens is 4. The number of amides is 3. The number of nitrogens with zero attached hydrogens (tertiary/aromatic N) is 1. The van der Waals surface area contributed by atoms with Gasteiger partial charge in [-0.05, 0) is 66.1 Å². The number of benzene rings is 3. The third-order valence-electron chi connectivity index (χ3n) is 6.44. The first-order valence-corrected chi connectivity index (χ1v) is 12.9. The predicted molar refractivity (Wildman–Crippen MR) is 148 cm³/mol. The molecule has 0 unspecified atom stereocenters. The molecule has 42 heavy (non-hydrogen) atoms. The molecule has 1 aromatic heterocycles. The summed E-state index contributed by atoms with van der Waals surface area (Å²) >= 11 is 0. The van der Waals surface area contributed by atoms with Gasteiger partial charge in [0.25, 0.3) is 5.91 Å². The number of anilines is 1. The molecule has 1 heterocycles. The van der Waals surface area contributed by atoms with Gasteiger partial charge in [-0.25, -0.2) is 17.6 Å². The lowest BCUT2D eigenvalue weighted by molar-refractivity contribution is -0.127. The molecule has 11 heteroatoms. The van der Waals surface area contributed by atoms with Crippen molar-refractivity contribution >= 4 is 23.4 Å². The summed E-state index contributed by atoms with van der Waals surface area (Å²) in [7, 11) is 0. The highest BCUT2D eigenvalue weighted by Gasteiger charge is 2.25. The Balaban J connectivity index is 1.63. The minimum absolute atomic E-state index is 0.0990. The summed E-state index contributed by atoms with van der Waals surface area (Å²) in [6, 6.07) is 14.2. The maximum atomic E-state index is 14.2.